The summed E-state index contributed by atoms with van der Waals surface area (Å²) in [5, 5.41) is 0. The van der Waals surface area contributed by atoms with Crippen molar-refractivity contribution in [1.82, 2.24) is 0 Å². The van der Waals surface area contributed by atoms with Crippen LogP contribution in [0.1, 0.15) is 24.0 Å². The normalized spacial score (nSPS) is 14.1. The fourth-order valence-corrected chi connectivity index (χ4v) is 2.07. The molecule has 0 spiro atoms. The number of carbonyl (C=O) groups excluding carboxylic acids is 1. The summed E-state index contributed by atoms with van der Waals surface area (Å²) in [6.45, 7) is 0.638. The molecule has 0 atom stereocenters. The van der Waals surface area contributed by atoms with Crippen molar-refractivity contribution in [2.24, 2.45) is 11.5 Å². The van der Waals surface area contributed by atoms with E-state index in [2.05, 4.69) is 4.74 Å². The molecule has 110 valence electrons. The minimum Gasteiger partial charge on any atom is -0.466 e. The van der Waals surface area contributed by atoms with Crippen LogP contribution in [0.25, 0.3) is 0 Å². The maximum Gasteiger partial charge on any atom is 0.305 e. The fourth-order valence-electron chi connectivity index (χ4n) is 2.07. The van der Waals surface area contributed by atoms with Crippen molar-refractivity contribution in [2.45, 2.75) is 18.5 Å². The van der Waals surface area contributed by atoms with E-state index < -0.39 is 5.66 Å². The van der Waals surface area contributed by atoms with Crippen molar-refractivity contribution in [3.05, 3.63) is 71.8 Å². The molecule has 0 bridgehead atoms. The Hall–Kier alpha value is -2.17. The zero-order chi connectivity index (χ0) is 15.1. The number of ether oxygens (including phenoxy) is 1. The second-order valence-corrected chi connectivity index (χ2v) is 4.93. The molecule has 1 fully saturated rings. The van der Waals surface area contributed by atoms with Crippen molar-refractivity contribution < 1.29 is 9.53 Å². The van der Waals surface area contributed by atoms with Crippen LogP contribution in [0.3, 0.4) is 0 Å². The summed E-state index contributed by atoms with van der Waals surface area (Å²) < 4.78 is 4.51. The lowest BCUT2D eigenvalue weighted by molar-refractivity contribution is -0.137. The average Bonchev–Trinajstić information content (AvgIpc) is 3.01. The minimum atomic E-state index is -0.914. The van der Waals surface area contributed by atoms with Crippen LogP contribution in [-0.4, -0.2) is 12.6 Å². The largest absolute Gasteiger partial charge is 0.466 e. The van der Waals surface area contributed by atoms with Crippen molar-refractivity contribution >= 4 is 5.97 Å². The highest BCUT2D eigenvalue weighted by Crippen LogP contribution is 2.20. The monoisotopic (exact) mass is 284 g/mol. The van der Waals surface area contributed by atoms with Crippen molar-refractivity contribution in [1.29, 1.82) is 0 Å². The van der Waals surface area contributed by atoms with Crippen molar-refractivity contribution in [3.63, 3.8) is 0 Å². The van der Waals surface area contributed by atoms with Gasteiger partial charge in [0.25, 0.3) is 0 Å². The summed E-state index contributed by atoms with van der Waals surface area (Å²) in [6, 6.07) is 19.4. The molecule has 1 aliphatic heterocycles. The van der Waals surface area contributed by atoms with E-state index in [4.69, 9.17) is 11.5 Å². The number of nitrogens with two attached hydrogens (primary N) is 2. The first-order chi connectivity index (χ1) is 10.1. The first-order valence-corrected chi connectivity index (χ1v) is 6.95. The molecule has 2 aromatic carbocycles. The molecule has 1 saturated heterocycles. The van der Waals surface area contributed by atoms with Crippen LogP contribution < -0.4 is 11.5 Å². The Morgan fingerprint density at radius 2 is 1.33 bits per heavy atom. The maximum absolute atomic E-state index is 10.0. The van der Waals surface area contributed by atoms with Crippen LogP contribution in [0.15, 0.2) is 60.7 Å². The standard InChI is InChI=1S/C13H14N2.C4H6O2/c14-13(15,11-7-3-1-4-8-11)12-9-5-2-6-10-12;5-4-2-1-3-6-4/h1-10H,14-15H2;1-3H2. The lowest BCUT2D eigenvalue weighted by atomic mass is 9.93. The van der Waals surface area contributed by atoms with Gasteiger partial charge in [-0.15, -0.1) is 0 Å². The van der Waals surface area contributed by atoms with Crippen LogP contribution in [0.2, 0.25) is 0 Å². The van der Waals surface area contributed by atoms with E-state index in [1.807, 2.05) is 60.7 Å². The predicted octanol–water partition coefficient (Wildman–Crippen LogP) is 2.13. The number of rotatable bonds is 2. The number of cyclic esters (lactones) is 1. The highest BCUT2D eigenvalue weighted by molar-refractivity contribution is 5.70. The lowest BCUT2D eigenvalue weighted by Crippen LogP contribution is -2.46. The van der Waals surface area contributed by atoms with Crippen molar-refractivity contribution in [3.8, 4) is 0 Å². The number of esters is 1. The Morgan fingerprint density at radius 1 is 0.857 bits per heavy atom. The van der Waals surface area contributed by atoms with Gasteiger partial charge in [0.15, 0.2) is 0 Å². The summed E-state index contributed by atoms with van der Waals surface area (Å²) in [7, 11) is 0. The molecule has 0 aliphatic carbocycles. The molecule has 1 aliphatic rings. The Labute approximate surface area is 124 Å². The Morgan fingerprint density at radius 3 is 1.62 bits per heavy atom. The molecule has 3 rings (SSSR count). The predicted molar refractivity (Wildman–Crippen MR) is 82.2 cm³/mol. The third kappa shape index (κ3) is 4.15. The van der Waals surface area contributed by atoms with Crippen LogP contribution in [-0.2, 0) is 15.2 Å². The molecule has 2 aromatic rings. The average molecular weight is 284 g/mol. The summed E-state index contributed by atoms with van der Waals surface area (Å²) in [6.07, 6.45) is 1.54. The maximum atomic E-state index is 10.0. The summed E-state index contributed by atoms with van der Waals surface area (Å²) in [4.78, 5) is 10.0. The van der Waals surface area contributed by atoms with Crippen LogP contribution >= 0.6 is 0 Å². The van der Waals surface area contributed by atoms with Gasteiger partial charge in [-0.3, -0.25) is 4.79 Å². The number of hydrogen-bond acceptors (Lipinski definition) is 4. The molecular weight excluding hydrogens is 264 g/mol. The lowest BCUT2D eigenvalue weighted by Gasteiger charge is -2.25. The molecule has 21 heavy (non-hydrogen) atoms. The Kier molecular flexibility index (Phi) is 5.09. The number of carbonyl (C=O) groups is 1. The van der Waals surface area contributed by atoms with Gasteiger partial charge in [0.1, 0.15) is 5.66 Å². The molecule has 0 unspecified atom stereocenters. The molecule has 0 aromatic heterocycles. The van der Waals surface area contributed by atoms with Gasteiger partial charge >= 0.3 is 5.97 Å². The molecule has 4 heteroatoms. The van der Waals surface area contributed by atoms with Gasteiger partial charge in [0.2, 0.25) is 0 Å². The Balaban J connectivity index is 0.000000225. The second-order valence-electron chi connectivity index (χ2n) is 4.93. The summed E-state index contributed by atoms with van der Waals surface area (Å²) >= 11 is 0. The van der Waals surface area contributed by atoms with E-state index in [0.29, 0.717) is 13.0 Å². The smallest absolute Gasteiger partial charge is 0.305 e. The minimum absolute atomic E-state index is 0.0463. The molecule has 1 heterocycles. The second kappa shape index (κ2) is 7.02. The van der Waals surface area contributed by atoms with Gasteiger partial charge in [-0.1, -0.05) is 60.7 Å². The van der Waals surface area contributed by atoms with Gasteiger partial charge in [0, 0.05) is 6.42 Å². The van der Waals surface area contributed by atoms with Gasteiger partial charge in [-0.2, -0.15) is 0 Å². The Bertz CT molecular complexity index is 518. The first kappa shape index (κ1) is 15.2. The van der Waals surface area contributed by atoms with E-state index in [-0.39, 0.29) is 5.97 Å². The SMILES string of the molecule is NC(N)(c1ccccc1)c1ccccc1.O=C1CCCO1. The third-order valence-electron chi connectivity index (χ3n) is 3.29. The number of benzene rings is 2. The van der Waals surface area contributed by atoms with Crippen LogP contribution in [0, 0.1) is 0 Å². The van der Waals surface area contributed by atoms with Gasteiger partial charge in [0.05, 0.1) is 6.61 Å². The van der Waals surface area contributed by atoms with E-state index in [9.17, 15) is 4.79 Å². The first-order valence-electron chi connectivity index (χ1n) is 6.95. The van der Waals surface area contributed by atoms with Crippen molar-refractivity contribution in [2.75, 3.05) is 6.61 Å². The zero-order valence-electron chi connectivity index (χ0n) is 11.9. The molecule has 0 radical (unpaired) electrons. The van der Waals surface area contributed by atoms with E-state index >= 15 is 0 Å². The third-order valence-corrected chi connectivity index (χ3v) is 3.29. The number of hydrogen-bond donors (Lipinski definition) is 2. The van der Waals surface area contributed by atoms with Gasteiger partial charge in [-0.25, -0.2) is 0 Å². The summed E-state index contributed by atoms with van der Waals surface area (Å²) in [5.41, 5.74) is 13.2. The molecule has 4 nitrogen and oxygen atoms in total. The van der Waals surface area contributed by atoms with E-state index in [1.54, 1.807) is 0 Å². The highest BCUT2D eigenvalue weighted by atomic mass is 16.5. The fraction of sp³-hybridized carbons (Fsp3) is 0.235. The topological polar surface area (TPSA) is 78.3 Å². The highest BCUT2D eigenvalue weighted by Gasteiger charge is 2.23. The molecule has 4 N–H and O–H groups in total. The molecule has 0 amide bonds. The van der Waals surface area contributed by atoms with Gasteiger partial charge < -0.3 is 16.2 Å². The zero-order valence-corrected chi connectivity index (χ0v) is 11.9. The van der Waals surface area contributed by atoms with Crippen LogP contribution in [0.5, 0.6) is 0 Å². The molecule has 0 saturated carbocycles. The molecular formula is C17H20N2O2. The van der Waals surface area contributed by atoms with Gasteiger partial charge in [-0.05, 0) is 17.5 Å². The van der Waals surface area contributed by atoms with Crippen LogP contribution in [0.4, 0.5) is 0 Å². The van der Waals surface area contributed by atoms with E-state index in [0.717, 1.165) is 17.5 Å². The quantitative estimate of drug-likeness (QED) is 0.654. The van der Waals surface area contributed by atoms with E-state index in [1.165, 1.54) is 0 Å². The summed E-state index contributed by atoms with van der Waals surface area (Å²) in [5.74, 6) is -0.0463.